The Kier molecular flexibility index (Phi) is 4.89. The topological polar surface area (TPSA) is 52.0 Å². The van der Waals surface area contributed by atoms with E-state index in [4.69, 9.17) is 4.74 Å². The molecule has 0 saturated heterocycles. The molecule has 1 N–H and O–H groups in total. The highest BCUT2D eigenvalue weighted by Crippen LogP contribution is 2.14. The van der Waals surface area contributed by atoms with Crippen molar-refractivity contribution < 1.29 is 4.74 Å². The van der Waals surface area contributed by atoms with Crippen LogP contribution in [0.1, 0.15) is 27.2 Å². The molecule has 0 aliphatic rings. The van der Waals surface area contributed by atoms with Crippen LogP contribution in [0.15, 0.2) is 12.4 Å². The predicted molar refractivity (Wildman–Crippen MR) is 63.2 cm³/mol. The van der Waals surface area contributed by atoms with Crippen LogP contribution in [0.4, 0.5) is 0 Å². The average Bonchev–Trinajstić information content (AvgIpc) is 2.70. The van der Waals surface area contributed by atoms with E-state index in [1.165, 1.54) is 0 Å². The van der Waals surface area contributed by atoms with E-state index < -0.39 is 0 Å². The maximum atomic E-state index is 5.39. The van der Waals surface area contributed by atoms with Crippen molar-refractivity contribution in [2.24, 2.45) is 0 Å². The zero-order valence-electron chi connectivity index (χ0n) is 10.6. The summed E-state index contributed by atoms with van der Waals surface area (Å²) in [5, 5.41) is 11.1. The van der Waals surface area contributed by atoms with E-state index in [0.717, 1.165) is 19.5 Å². The quantitative estimate of drug-likeness (QED) is 0.755. The standard InChI is InChI=1S/C11H22N4O/c1-10(9-11(2,3)16-4)12-5-7-15-8-6-13-14-15/h6,8,10,12H,5,7,9H2,1-4H3. The lowest BCUT2D eigenvalue weighted by molar-refractivity contribution is 0.00854. The minimum absolute atomic E-state index is 0.0698. The van der Waals surface area contributed by atoms with E-state index in [-0.39, 0.29) is 5.60 Å². The van der Waals surface area contributed by atoms with Gasteiger partial charge in [-0.2, -0.15) is 0 Å². The molecule has 1 heterocycles. The van der Waals surface area contributed by atoms with E-state index in [9.17, 15) is 0 Å². The summed E-state index contributed by atoms with van der Waals surface area (Å²) < 4.78 is 7.21. The van der Waals surface area contributed by atoms with Crippen LogP contribution in [-0.2, 0) is 11.3 Å². The average molecular weight is 226 g/mol. The molecule has 16 heavy (non-hydrogen) atoms. The Bertz CT molecular complexity index is 284. The fraction of sp³-hybridized carbons (Fsp3) is 0.818. The van der Waals surface area contributed by atoms with Gasteiger partial charge in [0.05, 0.1) is 18.3 Å². The predicted octanol–water partition coefficient (Wildman–Crippen LogP) is 1.07. The number of rotatable bonds is 7. The van der Waals surface area contributed by atoms with Gasteiger partial charge in [0.25, 0.3) is 0 Å². The second kappa shape index (κ2) is 5.96. The lowest BCUT2D eigenvalue weighted by atomic mass is 10.00. The van der Waals surface area contributed by atoms with Crippen molar-refractivity contribution in [2.75, 3.05) is 13.7 Å². The van der Waals surface area contributed by atoms with Gasteiger partial charge in [0, 0.05) is 25.9 Å². The second-order valence-electron chi connectivity index (χ2n) is 4.69. The number of nitrogens with one attached hydrogen (secondary N) is 1. The third kappa shape index (κ3) is 4.72. The molecule has 0 spiro atoms. The van der Waals surface area contributed by atoms with Gasteiger partial charge in [0.1, 0.15) is 0 Å². The van der Waals surface area contributed by atoms with Crippen molar-refractivity contribution in [3.05, 3.63) is 12.4 Å². The summed E-state index contributed by atoms with van der Waals surface area (Å²) in [6, 6.07) is 0.429. The van der Waals surface area contributed by atoms with Gasteiger partial charge in [-0.05, 0) is 27.2 Å². The molecule has 0 saturated carbocycles. The smallest absolute Gasteiger partial charge is 0.0692 e. The molecule has 0 aromatic carbocycles. The maximum absolute atomic E-state index is 5.39. The number of aromatic nitrogens is 3. The summed E-state index contributed by atoms with van der Waals surface area (Å²) in [6.07, 6.45) is 4.55. The first-order valence-electron chi connectivity index (χ1n) is 5.66. The summed E-state index contributed by atoms with van der Waals surface area (Å²) in [4.78, 5) is 0. The van der Waals surface area contributed by atoms with Crippen molar-refractivity contribution >= 4 is 0 Å². The minimum Gasteiger partial charge on any atom is -0.379 e. The lowest BCUT2D eigenvalue weighted by Gasteiger charge is -2.27. The van der Waals surface area contributed by atoms with Gasteiger partial charge in [-0.1, -0.05) is 5.21 Å². The SMILES string of the molecule is COC(C)(C)CC(C)NCCn1ccnn1. The molecule has 1 aromatic rings. The molecule has 1 unspecified atom stereocenters. The molecule has 0 radical (unpaired) electrons. The number of hydrogen-bond acceptors (Lipinski definition) is 4. The molecule has 0 aliphatic heterocycles. The fourth-order valence-corrected chi connectivity index (χ4v) is 1.67. The zero-order valence-corrected chi connectivity index (χ0v) is 10.6. The molecule has 5 heteroatoms. The molecule has 1 rings (SSSR count). The molecule has 0 fully saturated rings. The Morgan fingerprint density at radius 2 is 2.25 bits per heavy atom. The van der Waals surface area contributed by atoms with Gasteiger partial charge < -0.3 is 10.1 Å². The largest absolute Gasteiger partial charge is 0.379 e. The Balaban J connectivity index is 2.18. The van der Waals surface area contributed by atoms with E-state index in [2.05, 4.69) is 36.4 Å². The summed E-state index contributed by atoms with van der Waals surface area (Å²) in [5.41, 5.74) is -0.0698. The third-order valence-electron chi connectivity index (χ3n) is 2.66. The first kappa shape index (κ1) is 13.1. The van der Waals surface area contributed by atoms with Gasteiger partial charge >= 0.3 is 0 Å². The van der Waals surface area contributed by atoms with Crippen LogP contribution in [0.25, 0.3) is 0 Å². The van der Waals surface area contributed by atoms with Crippen LogP contribution < -0.4 is 5.32 Å². The van der Waals surface area contributed by atoms with Crippen LogP contribution in [0.3, 0.4) is 0 Å². The Morgan fingerprint density at radius 3 is 2.81 bits per heavy atom. The summed E-state index contributed by atoms with van der Waals surface area (Å²) in [7, 11) is 1.75. The highest BCUT2D eigenvalue weighted by atomic mass is 16.5. The maximum Gasteiger partial charge on any atom is 0.0692 e. The number of nitrogens with zero attached hydrogens (tertiary/aromatic N) is 3. The fourth-order valence-electron chi connectivity index (χ4n) is 1.67. The van der Waals surface area contributed by atoms with Crippen molar-refractivity contribution in [3.63, 3.8) is 0 Å². The van der Waals surface area contributed by atoms with E-state index in [1.807, 2.05) is 10.9 Å². The van der Waals surface area contributed by atoms with Crippen LogP contribution >= 0.6 is 0 Å². The summed E-state index contributed by atoms with van der Waals surface area (Å²) in [5.74, 6) is 0. The zero-order chi connectivity index (χ0) is 12.0. The monoisotopic (exact) mass is 226 g/mol. The minimum atomic E-state index is -0.0698. The molecule has 5 nitrogen and oxygen atoms in total. The van der Waals surface area contributed by atoms with Crippen molar-refractivity contribution in [1.29, 1.82) is 0 Å². The number of methoxy groups -OCH3 is 1. The number of hydrogen-bond donors (Lipinski definition) is 1. The molecule has 1 aromatic heterocycles. The Labute approximate surface area is 97.2 Å². The van der Waals surface area contributed by atoms with Gasteiger partial charge in [-0.15, -0.1) is 5.10 Å². The Hall–Kier alpha value is -0.940. The van der Waals surface area contributed by atoms with E-state index in [0.29, 0.717) is 6.04 Å². The number of ether oxygens (including phenoxy) is 1. The molecule has 1 atom stereocenters. The third-order valence-corrected chi connectivity index (χ3v) is 2.66. The van der Waals surface area contributed by atoms with Crippen LogP contribution in [0, 0.1) is 0 Å². The lowest BCUT2D eigenvalue weighted by Crippen LogP contribution is -2.37. The van der Waals surface area contributed by atoms with Crippen molar-refractivity contribution in [1.82, 2.24) is 20.3 Å². The molecule has 0 aliphatic carbocycles. The first-order valence-corrected chi connectivity index (χ1v) is 5.66. The molecular formula is C11H22N4O. The molecule has 0 bridgehead atoms. The van der Waals surface area contributed by atoms with E-state index in [1.54, 1.807) is 13.3 Å². The Morgan fingerprint density at radius 1 is 1.50 bits per heavy atom. The van der Waals surface area contributed by atoms with E-state index >= 15 is 0 Å². The van der Waals surface area contributed by atoms with Gasteiger partial charge in [-0.25, -0.2) is 0 Å². The van der Waals surface area contributed by atoms with Gasteiger partial charge in [0.2, 0.25) is 0 Å². The summed E-state index contributed by atoms with van der Waals surface area (Å²) in [6.45, 7) is 8.11. The second-order valence-corrected chi connectivity index (χ2v) is 4.69. The molecule has 0 amide bonds. The van der Waals surface area contributed by atoms with Crippen LogP contribution in [-0.4, -0.2) is 40.3 Å². The summed E-state index contributed by atoms with van der Waals surface area (Å²) >= 11 is 0. The normalized spacial score (nSPS) is 14.0. The van der Waals surface area contributed by atoms with Crippen molar-refractivity contribution in [2.45, 2.75) is 45.4 Å². The van der Waals surface area contributed by atoms with Gasteiger partial charge in [0.15, 0.2) is 0 Å². The van der Waals surface area contributed by atoms with Crippen LogP contribution in [0.2, 0.25) is 0 Å². The van der Waals surface area contributed by atoms with Crippen molar-refractivity contribution in [3.8, 4) is 0 Å². The van der Waals surface area contributed by atoms with Gasteiger partial charge in [-0.3, -0.25) is 4.68 Å². The molecule has 92 valence electrons. The highest BCUT2D eigenvalue weighted by Gasteiger charge is 2.19. The molecular weight excluding hydrogens is 204 g/mol. The highest BCUT2D eigenvalue weighted by molar-refractivity contribution is 4.75. The first-order chi connectivity index (χ1) is 7.53. The van der Waals surface area contributed by atoms with Crippen LogP contribution in [0.5, 0.6) is 0 Å².